The second kappa shape index (κ2) is 9.55. The van der Waals surface area contributed by atoms with Gasteiger partial charge in [0.1, 0.15) is 12.7 Å². The van der Waals surface area contributed by atoms with Crippen LogP contribution < -0.4 is 11.1 Å². The van der Waals surface area contributed by atoms with Crippen molar-refractivity contribution in [2.24, 2.45) is 5.73 Å². The summed E-state index contributed by atoms with van der Waals surface area (Å²) in [4.78, 5) is 20.8. The van der Waals surface area contributed by atoms with Crippen LogP contribution in [0.25, 0.3) is 5.82 Å². The average molecular weight is 447 g/mol. The van der Waals surface area contributed by atoms with E-state index in [2.05, 4.69) is 26.4 Å². The summed E-state index contributed by atoms with van der Waals surface area (Å²) in [6.07, 6.45) is 8.14. The Balaban J connectivity index is 0.00000256. The smallest absolute Gasteiger partial charge is 0.253 e. The van der Waals surface area contributed by atoms with E-state index in [1.54, 1.807) is 29.3 Å². The van der Waals surface area contributed by atoms with Crippen LogP contribution in [0.2, 0.25) is 5.02 Å². The van der Waals surface area contributed by atoms with E-state index in [-0.39, 0.29) is 29.8 Å². The number of amides is 1. The van der Waals surface area contributed by atoms with E-state index in [9.17, 15) is 4.79 Å². The van der Waals surface area contributed by atoms with Crippen molar-refractivity contribution < 1.29 is 4.79 Å². The molecule has 2 aromatic heterocycles. The summed E-state index contributed by atoms with van der Waals surface area (Å²) in [6.45, 7) is 0.571. The van der Waals surface area contributed by atoms with Gasteiger partial charge in [0.15, 0.2) is 5.82 Å². The summed E-state index contributed by atoms with van der Waals surface area (Å²) in [7, 11) is 0. The molecule has 0 aliphatic heterocycles. The molecule has 0 spiro atoms. The number of pyridine rings is 1. The molecule has 1 aromatic carbocycles. The van der Waals surface area contributed by atoms with Gasteiger partial charge in [0.25, 0.3) is 5.91 Å². The van der Waals surface area contributed by atoms with E-state index < -0.39 is 0 Å². The number of benzene rings is 1. The lowest BCUT2D eigenvalue weighted by Crippen LogP contribution is -2.45. The van der Waals surface area contributed by atoms with Crippen LogP contribution >= 0.6 is 24.0 Å². The minimum atomic E-state index is -0.115. The zero-order valence-corrected chi connectivity index (χ0v) is 17.9. The normalized spacial score (nSPS) is 20.9. The number of nitrogens with one attached hydrogen (secondary N) is 1. The van der Waals surface area contributed by atoms with Crippen LogP contribution in [-0.2, 0) is 5.41 Å². The number of halogens is 2. The van der Waals surface area contributed by atoms with Gasteiger partial charge in [-0.25, -0.2) is 14.6 Å². The zero-order chi connectivity index (χ0) is 20.3. The molecule has 7 nitrogen and oxygen atoms in total. The Bertz CT molecular complexity index is 969. The number of nitrogens with two attached hydrogens (primary N) is 1. The quantitative estimate of drug-likeness (QED) is 0.626. The first kappa shape index (κ1) is 22.2. The molecular weight excluding hydrogens is 423 g/mol. The van der Waals surface area contributed by atoms with Gasteiger partial charge in [-0.1, -0.05) is 23.7 Å². The number of hydrogen-bond acceptors (Lipinski definition) is 5. The summed E-state index contributed by atoms with van der Waals surface area (Å²) < 4.78 is 1.55. The molecule has 1 aliphatic carbocycles. The predicted molar refractivity (Wildman–Crippen MR) is 118 cm³/mol. The molecule has 9 heteroatoms. The number of carbonyl (C=O) groups is 1. The van der Waals surface area contributed by atoms with Gasteiger partial charge in [-0.05, 0) is 55.5 Å². The van der Waals surface area contributed by atoms with Crippen LogP contribution in [0.4, 0.5) is 0 Å². The predicted octanol–water partition coefficient (Wildman–Crippen LogP) is 3.31. The lowest BCUT2D eigenvalue weighted by Gasteiger charge is -2.40. The third-order valence-corrected chi connectivity index (χ3v) is 6.00. The number of carbonyl (C=O) groups excluding carboxylic acids is 1. The van der Waals surface area contributed by atoms with Crippen molar-refractivity contribution in [1.29, 1.82) is 0 Å². The van der Waals surface area contributed by atoms with Gasteiger partial charge in [0.2, 0.25) is 0 Å². The van der Waals surface area contributed by atoms with Crippen LogP contribution in [0.15, 0.2) is 55.2 Å². The molecule has 158 valence electrons. The van der Waals surface area contributed by atoms with E-state index >= 15 is 0 Å². The van der Waals surface area contributed by atoms with E-state index in [0.29, 0.717) is 17.9 Å². The maximum atomic E-state index is 12.6. The molecule has 0 unspecified atom stereocenters. The molecule has 0 radical (unpaired) electrons. The van der Waals surface area contributed by atoms with Crippen molar-refractivity contribution >= 4 is 29.9 Å². The fourth-order valence-corrected chi connectivity index (χ4v) is 4.19. The van der Waals surface area contributed by atoms with E-state index in [4.69, 9.17) is 17.3 Å². The highest BCUT2D eigenvalue weighted by Gasteiger charge is 2.36. The summed E-state index contributed by atoms with van der Waals surface area (Å²) in [5.41, 5.74) is 7.80. The van der Waals surface area contributed by atoms with Crippen LogP contribution in [-0.4, -0.2) is 38.2 Å². The lowest BCUT2D eigenvalue weighted by atomic mass is 9.68. The molecule has 2 heterocycles. The van der Waals surface area contributed by atoms with Gasteiger partial charge in [-0.2, -0.15) is 5.10 Å². The van der Waals surface area contributed by atoms with Crippen molar-refractivity contribution in [3.05, 3.63) is 71.4 Å². The maximum absolute atomic E-state index is 12.6. The first-order valence-corrected chi connectivity index (χ1v) is 10.1. The van der Waals surface area contributed by atoms with Gasteiger partial charge >= 0.3 is 0 Å². The number of hydrogen-bond donors (Lipinski definition) is 2. The molecule has 1 aliphatic rings. The lowest BCUT2D eigenvalue weighted by molar-refractivity contribution is 0.0917. The Labute approximate surface area is 186 Å². The van der Waals surface area contributed by atoms with Crippen molar-refractivity contribution in [2.45, 2.75) is 37.1 Å². The SMILES string of the molecule is Cl.NCC1(c2cccc(Cl)c2)CCC(NC(=O)c2ccc(-n3cncn3)nc2)CC1. The van der Waals surface area contributed by atoms with E-state index in [1.807, 2.05) is 18.2 Å². The third kappa shape index (κ3) is 4.64. The maximum Gasteiger partial charge on any atom is 0.253 e. The Morgan fingerprint density at radius 3 is 2.67 bits per heavy atom. The monoisotopic (exact) mass is 446 g/mol. The molecular formula is C21H24Cl2N6O. The number of nitrogens with zero attached hydrogens (tertiary/aromatic N) is 4. The second-order valence-corrected chi connectivity index (χ2v) is 7.92. The van der Waals surface area contributed by atoms with Crippen LogP contribution in [0.1, 0.15) is 41.6 Å². The fourth-order valence-electron chi connectivity index (χ4n) is 3.99. The van der Waals surface area contributed by atoms with Gasteiger partial charge in [-0.15, -0.1) is 12.4 Å². The molecule has 30 heavy (non-hydrogen) atoms. The molecule has 0 saturated heterocycles. The zero-order valence-electron chi connectivity index (χ0n) is 16.4. The standard InChI is InChI=1S/C21H23ClN6O.ClH/c22-17-3-1-2-16(10-17)21(12-23)8-6-18(7-9-21)27-20(29)15-4-5-19(25-11-15)28-14-24-13-26-28;/h1-5,10-11,13-14,18H,6-9,12,23H2,(H,27,29);1H. The van der Waals surface area contributed by atoms with E-state index in [0.717, 1.165) is 30.7 Å². The highest BCUT2D eigenvalue weighted by molar-refractivity contribution is 6.30. The highest BCUT2D eigenvalue weighted by Crippen LogP contribution is 2.39. The minimum absolute atomic E-state index is 0. The van der Waals surface area contributed by atoms with Crippen molar-refractivity contribution in [3.8, 4) is 5.82 Å². The number of aromatic nitrogens is 4. The van der Waals surface area contributed by atoms with Crippen molar-refractivity contribution in [3.63, 3.8) is 0 Å². The third-order valence-electron chi connectivity index (χ3n) is 5.77. The Morgan fingerprint density at radius 2 is 2.07 bits per heavy atom. The Kier molecular flexibility index (Phi) is 7.07. The van der Waals surface area contributed by atoms with Crippen molar-refractivity contribution in [1.82, 2.24) is 25.1 Å². The summed E-state index contributed by atoms with van der Waals surface area (Å²) in [6, 6.07) is 11.6. The van der Waals surface area contributed by atoms with E-state index in [1.165, 1.54) is 11.9 Å². The minimum Gasteiger partial charge on any atom is -0.349 e. The topological polar surface area (TPSA) is 98.7 Å². The molecule has 0 atom stereocenters. The first-order valence-electron chi connectivity index (χ1n) is 9.68. The van der Waals surface area contributed by atoms with Gasteiger partial charge in [0.05, 0.1) is 5.56 Å². The number of rotatable bonds is 5. The van der Waals surface area contributed by atoms with Crippen molar-refractivity contribution in [2.75, 3.05) is 6.54 Å². The van der Waals surface area contributed by atoms with Gasteiger partial charge in [-0.3, -0.25) is 4.79 Å². The molecule has 0 bridgehead atoms. The van der Waals surface area contributed by atoms with Crippen LogP contribution in [0.5, 0.6) is 0 Å². The molecule has 3 aromatic rings. The fraction of sp³-hybridized carbons (Fsp3) is 0.333. The van der Waals surface area contributed by atoms with Gasteiger partial charge in [0, 0.05) is 29.2 Å². The first-order chi connectivity index (χ1) is 14.1. The van der Waals surface area contributed by atoms with Gasteiger partial charge < -0.3 is 11.1 Å². The molecule has 1 fully saturated rings. The average Bonchev–Trinajstić information content (AvgIpc) is 3.29. The second-order valence-electron chi connectivity index (χ2n) is 7.49. The summed E-state index contributed by atoms with van der Waals surface area (Å²) in [5, 5.41) is 7.89. The summed E-state index contributed by atoms with van der Waals surface area (Å²) >= 11 is 6.18. The Morgan fingerprint density at radius 1 is 1.27 bits per heavy atom. The molecule has 3 N–H and O–H groups in total. The Hall–Kier alpha value is -2.48. The van der Waals surface area contributed by atoms with Crippen LogP contribution in [0, 0.1) is 0 Å². The highest BCUT2D eigenvalue weighted by atomic mass is 35.5. The molecule has 1 amide bonds. The largest absolute Gasteiger partial charge is 0.349 e. The van der Waals surface area contributed by atoms with Crippen LogP contribution in [0.3, 0.4) is 0 Å². The summed E-state index contributed by atoms with van der Waals surface area (Å²) in [5.74, 6) is 0.501. The molecule has 4 rings (SSSR count). The molecule has 1 saturated carbocycles.